The van der Waals surface area contributed by atoms with Crippen LogP contribution >= 0.6 is 0 Å². The normalized spacial score (nSPS) is 13.9. The molecule has 1 aliphatic heterocycles. The van der Waals surface area contributed by atoms with Gasteiger partial charge < -0.3 is 4.90 Å². The summed E-state index contributed by atoms with van der Waals surface area (Å²) in [5.74, 6) is -1.08. The van der Waals surface area contributed by atoms with Crippen LogP contribution in [-0.2, 0) is 6.42 Å². The van der Waals surface area contributed by atoms with Crippen LogP contribution in [-0.4, -0.2) is 6.54 Å². The molecule has 1 heterocycles. The third-order valence-corrected chi connectivity index (χ3v) is 3.05. The van der Waals surface area contributed by atoms with E-state index in [0.29, 0.717) is 5.69 Å². The highest BCUT2D eigenvalue weighted by molar-refractivity contribution is 5.69. The van der Waals surface area contributed by atoms with Crippen LogP contribution in [0.5, 0.6) is 0 Å². The van der Waals surface area contributed by atoms with Crippen LogP contribution in [0.4, 0.5) is 20.2 Å². The molecule has 1 aliphatic rings. The van der Waals surface area contributed by atoms with Crippen molar-refractivity contribution in [2.75, 3.05) is 11.4 Å². The Morgan fingerprint density at radius 2 is 1.65 bits per heavy atom. The summed E-state index contributed by atoms with van der Waals surface area (Å²) in [5.41, 5.74) is 2.84. The fourth-order valence-corrected chi connectivity index (χ4v) is 2.30. The summed E-state index contributed by atoms with van der Waals surface area (Å²) in [6.45, 7) is 0.766. The highest BCUT2D eigenvalue weighted by atomic mass is 19.1. The molecule has 0 spiro atoms. The van der Waals surface area contributed by atoms with Gasteiger partial charge in [0.2, 0.25) is 0 Å². The van der Waals surface area contributed by atoms with Gasteiger partial charge in [-0.2, -0.15) is 0 Å². The van der Waals surface area contributed by atoms with Crippen molar-refractivity contribution in [3.05, 3.63) is 59.7 Å². The third kappa shape index (κ3) is 1.78. The lowest BCUT2D eigenvalue weighted by molar-refractivity contribution is 0.583. The first-order valence-electron chi connectivity index (χ1n) is 5.55. The van der Waals surface area contributed by atoms with Crippen molar-refractivity contribution in [1.82, 2.24) is 0 Å². The Kier molecular flexibility index (Phi) is 2.32. The average molecular weight is 231 g/mol. The monoisotopic (exact) mass is 231 g/mol. The molecule has 0 bridgehead atoms. The highest BCUT2D eigenvalue weighted by Crippen LogP contribution is 2.34. The molecule has 2 aromatic rings. The van der Waals surface area contributed by atoms with Gasteiger partial charge in [-0.15, -0.1) is 0 Å². The van der Waals surface area contributed by atoms with E-state index in [1.165, 1.54) is 17.7 Å². The van der Waals surface area contributed by atoms with E-state index in [1.807, 2.05) is 29.2 Å². The number of halogens is 2. The van der Waals surface area contributed by atoms with Gasteiger partial charge in [0.15, 0.2) is 0 Å². The summed E-state index contributed by atoms with van der Waals surface area (Å²) in [6, 6.07) is 11.6. The van der Waals surface area contributed by atoms with Crippen molar-refractivity contribution in [3.8, 4) is 0 Å². The average Bonchev–Trinajstić information content (AvgIpc) is 2.71. The Labute approximate surface area is 98.3 Å². The Balaban J connectivity index is 2.06. The van der Waals surface area contributed by atoms with Crippen LogP contribution in [0.25, 0.3) is 0 Å². The molecule has 0 aliphatic carbocycles. The maximum Gasteiger partial charge on any atom is 0.128 e. The molecular formula is C14H11F2N. The van der Waals surface area contributed by atoms with E-state index in [4.69, 9.17) is 0 Å². The number of anilines is 2. The molecule has 0 aromatic heterocycles. The van der Waals surface area contributed by atoms with Crippen LogP contribution in [0, 0.1) is 11.6 Å². The highest BCUT2D eigenvalue weighted by Gasteiger charge is 2.20. The molecule has 1 nitrogen and oxygen atoms in total. The molecule has 0 fully saturated rings. The van der Waals surface area contributed by atoms with Gasteiger partial charge in [0.05, 0.1) is 0 Å². The van der Waals surface area contributed by atoms with Crippen LogP contribution in [0.1, 0.15) is 5.56 Å². The number of nitrogens with zero attached hydrogens (tertiary/aromatic N) is 1. The minimum Gasteiger partial charge on any atom is -0.341 e. The Morgan fingerprint density at radius 3 is 2.41 bits per heavy atom. The molecule has 0 N–H and O–H groups in total. The Morgan fingerprint density at radius 1 is 0.941 bits per heavy atom. The van der Waals surface area contributed by atoms with Gasteiger partial charge in [-0.05, 0) is 30.2 Å². The smallest absolute Gasteiger partial charge is 0.128 e. The number of hydrogen-bond acceptors (Lipinski definition) is 1. The quantitative estimate of drug-likeness (QED) is 0.724. The van der Waals surface area contributed by atoms with Gasteiger partial charge in [-0.25, -0.2) is 8.78 Å². The molecule has 0 unspecified atom stereocenters. The molecule has 3 rings (SSSR count). The molecule has 2 aromatic carbocycles. The summed E-state index contributed by atoms with van der Waals surface area (Å²) < 4.78 is 26.4. The molecule has 0 saturated heterocycles. The minimum absolute atomic E-state index is 0.538. The van der Waals surface area contributed by atoms with Crippen LogP contribution < -0.4 is 4.90 Å². The predicted octanol–water partition coefficient (Wildman–Crippen LogP) is 3.66. The molecule has 0 saturated carbocycles. The maximum absolute atomic E-state index is 13.2. The number of hydrogen-bond donors (Lipinski definition) is 0. The third-order valence-electron chi connectivity index (χ3n) is 3.05. The van der Waals surface area contributed by atoms with E-state index in [1.54, 1.807) is 0 Å². The van der Waals surface area contributed by atoms with E-state index < -0.39 is 11.6 Å². The van der Waals surface area contributed by atoms with Crippen molar-refractivity contribution >= 4 is 11.4 Å². The molecule has 0 radical (unpaired) electrons. The zero-order chi connectivity index (χ0) is 11.8. The number of para-hydroxylation sites is 1. The fraction of sp³-hybridized carbons (Fsp3) is 0.143. The fourth-order valence-electron chi connectivity index (χ4n) is 2.30. The van der Waals surface area contributed by atoms with E-state index in [0.717, 1.165) is 24.7 Å². The van der Waals surface area contributed by atoms with Crippen molar-refractivity contribution < 1.29 is 8.78 Å². The van der Waals surface area contributed by atoms with E-state index in [9.17, 15) is 8.78 Å². The summed E-state index contributed by atoms with van der Waals surface area (Å²) in [6.07, 6.45) is 0.911. The van der Waals surface area contributed by atoms with Gasteiger partial charge in [-0.1, -0.05) is 18.2 Å². The van der Waals surface area contributed by atoms with Gasteiger partial charge in [-0.3, -0.25) is 0 Å². The lowest BCUT2D eigenvalue weighted by atomic mass is 10.2. The second-order valence-corrected chi connectivity index (χ2v) is 4.16. The summed E-state index contributed by atoms with van der Waals surface area (Å²) in [4.78, 5) is 1.95. The zero-order valence-corrected chi connectivity index (χ0v) is 9.16. The maximum atomic E-state index is 13.2. The SMILES string of the molecule is Fc1cc(F)cc(N2CCc3ccccc32)c1. The Bertz CT molecular complexity index is 546. The largest absolute Gasteiger partial charge is 0.341 e. The second-order valence-electron chi connectivity index (χ2n) is 4.16. The first-order chi connectivity index (χ1) is 8.24. The number of benzene rings is 2. The Hall–Kier alpha value is -1.90. The van der Waals surface area contributed by atoms with Gasteiger partial charge in [0, 0.05) is 24.0 Å². The van der Waals surface area contributed by atoms with E-state index in [-0.39, 0.29) is 0 Å². The molecule has 86 valence electrons. The van der Waals surface area contributed by atoms with Gasteiger partial charge in [0.1, 0.15) is 11.6 Å². The van der Waals surface area contributed by atoms with Crippen molar-refractivity contribution in [2.45, 2.75) is 6.42 Å². The van der Waals surface area contributed by atoms with Crippen molar-refractivity contribution in [2.24, 2.45) is 0 Å². The zero-order valence-electron chi connectivity index (χ0n) is 9.16. The lowest BCUT2D eigenvalue weighted by Crippen LogP contribution is -2.13. The second kappa shape index (κ2) is 3.84. The summed E-state index contributed by atoms with van der Waals surface area (Å²) in [7, 11) is 0. The number of rotatable bonds is 1. The van der Waals surface area contributed by atoms with Gasteiger partial charge in [0.25, 0.3) is 0 Å². The van der Waals surface area contributed by atoms with Gasteiger partial charge >= 0.3 is 0 Å². The van der Waals surface area contributed by atoms with Crippen LogP contribution in [0.15, 0.2) is 42.5 Å². The first kappa shape index (κ1) is 10.3. The molecule has 17 heavy (non-hydrogen) atoms. The molecule has 0 atom stereocenters. The van der Waals surface area contributed by atoms with E-state index in [2.05, 4.69) is 0 Å². The van der Waals surface area contributed by atoms with Crippen molar-refractivity contribution in [3.63, 3.8) is 0 Å². The van der Waals surface area contributed by atoms with Crippen molar-refractivity contribution in [1.29, 1.82) is 0 Å². The summed E-state index contributed by atoms with van der Waals surface area (Å²) >= 11 is 0. The van der Waals surface area contributed by atoms with Crippen LogP contribution in [0.2, 0.25) is 0 Å². The van der Waals surface area contributed by atoms with Crippen LogP contribution in [0.3, 0.4) is 0 Å². The number of fused-ring (bicyclic) bond motifs is 1. The standard InChI is InChI=1S/C14H11F2N/c15-11-7-12(16)9-13(8-11)17-6-5-10-3-1-2-4-14(10)17/h1-4,7-9H,5-6H2. The molecule has 0 amide bonds. The molecule has 3 heteroatoms. The summed E-state index contributed by atoms with van der Waals surface area (Å²) in [5, 5.41) is 0. The van der Waals surface area contributed by atoms with E-state index >= 15 is 0 Å². The minimum atomic E-state index is -0.538. The topological polar surface area (TPSA) is 3.24 Å². The first-order valence-corrected chi connectivity index (χ1v) is 5.55. The lowest BCUT2D eigenvalue weighted by Gasteiger charge is -2.19. The predicted molar refractivity (Wildman–Crippen MR) is 63.5 cm³/mol. The molecular weight excluding hydrogens is 220 g/mol.